The minimum Gasteiger partial charge on any atom is -0.299 e. The predicted octanol–water partition coefficient (Wildman–Crippen LogP) is 6.02. The maximum absolute atomic E-state index is 4.19. The van der Waals surface area contributed by atoms with Gasteiger partial charge in [-0.2, -0.15) is 0 Å². The van der Waals surface area contributed by atoms with Gasteiger partial charge in [0.05, 0.1) is 0 Å². The molecule has 0 aromatic rings. The lowest BCUT2D eigenvalue weighted by Crippen LogP contribution is -2.46. The van der Waals surface area contributed by atoms with E-state index in [-0.39, 0.29) is 0 Å². The minimum absolute atomic E-state index is 0.557. The molecule has 1 fully saturated rings. The van der Waals surface area contributed by atoms with Crippen LogP contribution in [0.3, 0.4) is 0 Å². The second-order valence-electron chi connectivity index (χ2n) is 8.90. The molecule has 2 aliphatic heterocycles. The van der Waals surface area contributed by atoms with E-state index in [0.717, 1.165) is 67.2 Å². The number of hydrogen-bond donors (Lipinski definition) is 0. The van der Waals surface area contributed by atoms with Crippen LogP contribution in [-0.2, 0) is 0 Å². The van der Waals surface area contributed by atoms with Gasteiger partial charge >= 0.3 is 0 Å². The molecule has 160 valence electrons. The molecule has 0 aromatic carbocycles. The lowest BCUT2D eigenvalue weighted by molar-refractivity contribution is 0.177. The number of fused-ring (bicyclic) bond motifs is 2. The zero-order chi connectivity index (χ0) is 21.7. The van der Waals surface area contributed by atoms with Gasteiger partial charge in [-0.1, -0.05) is 63.8 Å². The van der Waals surface area contributed by atoms with Gasteiger partial charge in [0.2, 0.25) is 0 Å². The lowest BCUT2D eigenvalue weighted by Gasteiger charge is -2.45. The molecule has 30 heavy (non-hydrogen) atoms. The average molecular weight is 403 g/mol. The summed E-state index contributed by atoms with van der Waals surface area (Å²) in [5.74, 6) is 0.763. The molecule has 0 radical (unpaired) electrons. The average Bonchev–Trinajstić information content (AvgIpc) is 2.79. The maximum Gasteiger partial charge on any atom is 0.0351 e. The van der Waals surface area contributed by atoms with E-state index in [4.69, 9.17) is 0 Å². The van der Waals surface area contributed by atoms with E-state index in [9.17, 15) is 0 Å². The third kappa shape index (κ3) is 5.11. The van der Waals surface area contributed by atoms with E-state index in [1.165, 1.54) is 25.8 Å². The highest BCUT2D eigenvalue weighted by Gasteiger charge is 2.35. The van der Waals surface area contributed by atoms with Crippen molar-refractivity contribution >= 4 is 0 Å². The summed E-state index contributed by atoms with van der Waals surface area (Å²) in [7, 11) is 0. The van der Waals surface area contributed by atoms with Crippen molar-refractivity contribution in [3.8, 4) is 0 Å². The standard InChI is InChI=1S/C28H38N2/c1-7-21(3)23(5)13-17-29-18-15-25-11-12-28-26(27(25)20-29)10-9-16-30(28)19-14-24(6)22(4)8-2/h7-10,25,28H,1-6,11-20H2. The first kappa shape index (κ1) is 22.5. The summed E-state index contributed by atoms with van der Waals surface area (Å²) in [6.45, 7) is 29.5. The largest absolute Gasteiger partial charge is 0.299 e. The van der Waals surface area contributed by atoms with Gasteiger partial charge in [-0.25, -0.2) is 0 Å². The summed E-state index contributed by atoms with van der Waals surface area (Å²) in [6, 6.07) is 0.557. The van der Waals surface area contributed by atoms with Crippen LogP contribution in [0.4, 0.5) is 0 Å². The Balaban J connectivity index is 1.66. The summed E-state index contributed by atoms with van der Waals surface area (Å²) < 4.78 is 0. The van der Waals surface area contributed by atoms with E-state index in [1.54, 1.807) is 11.1 Å². The molecule has 3 rings (SSSR count). The van der Waals surface area contributed by atoms with Crippen molar-refractivity contribution in [3.05, 3.63) is 97.2 Å². The van der Waals surface area contributed by atoms with Crippen LogP contribution in [0.2, 0.25) is 0 Å². The summed E-state index contributed by atoms with van der Waals surface area (Å²) >= 11 is 0. The van der Waals surface area contributed by atoms with Crippen LogP contribution >= 0.6 is 0 Å². The monoisotopic (exact) mass is 402 g/mol. The number of rotatable bonds is 10. The van der Waals surface area contributed by atoms with Crippen molar-refractivity contribution in [1.29, 1.82) is 0 Å². The van der Waals surface area contributed by atoms with E-state index in [0.29, 0.717) is 6.04 Å². The number of likely N-dealkylation sites (tertiary alicyclic amines) is 1. The SMILES string of the molecule is C=CC(=C)C(=C)CCN1CCC2CCC3C(=C2C1)C=CCN3CCC(=C)C(=C)C=C. The van der Waals surface area contributed by atoms with Crippen LogP contribution in [-0.4, -0.2) is 48.6 Å². The van der Waals surface area contributed by atoms with Crippen LogP contribution in [0.1, 0.15) is 32.1 Å². The normalized spacial score (nSPS) is 24.0. The molecular formula is C28H38N2. The number of hydrogen-bond acceptors (Lipinski definition) is 2. The van der Waals surface area contributed by atoms with Crippen LogP contribution in [0.25, 0.3) is 0 Å². The Kier molecular flexibility index (Phi) is 7.69. The van der Waals surface area contributed by atoms with Gasteiger partial charge in [-0.15, -0.1) is 0 Å². The zero-order valence-corrected chi connectivity index (χ0v) is 18.7. The first-order valence-corrected chi connectivity index (χ1v) is 11.3. The Hall–Kier alpha value is -2.16. The lowest BCUT2D eigenvalue weighted by atomic mass is 9.74. The van der Waals surface area contributed by atoms with Crippen molar-refractivity contribution in [2.24, 2.45) is 5.92 Å². The first-order chi connectivity index (χ1) is 14.4. The van der Waals surface area contributed by atoms with Crippen LogP contribution in [0.15, 0.2) is 97.2 Å². The molecule has 2 heterocycles. The highest BCUT2D eigenvalue weighted by Crippen LogP contribution is 2.40. The summed E-state index contributed by atoms with van der Waals surface area (Å²) in [5, 5.41) is 0. The van der Waals surface area contributed by atoms with Crippen LogP contribution < -0.4 is 0 Å². The Labute approximate surface area is 184 Å². The molecule has 0 saturated carbocycles. The molecule has 0 amide bonds. The predicted molar refractivity (Wildman–Crippen MR) is 131 cm³/mol. The molecule has 0 aromatic heterocycles. The topological polar surface area (TPSA) is 6.48 Å². The van der Waals surface area contributed by atoms with Gasteiger partial charge in [-0.05, 0) is 78.0 Å². The van der Waals surface area contributed by atoms with E-state index in [2.05, 4.69) is 61.4 Å². The van der Waals surface area contributed by atoms with Crippen molar-refractivity contribution in [1.82, 2.24) is 9.80 Å². The van der Waals surface area contributed by atoms with Gasteiger partial charge in [-0.3, -0.25) is 9.80 Å². The molecule has 2 atom stereocenters. The van der Waals surface area contributed by atoms with Gasteiger partial charge in [0.25, 0.3) is 0 Å². The fourth-order valence-electron chi connectivity index (χ4n) is 4.99. The van der Waals surface area contributed by atoms with Crippen molar-refractivity contribution in [2.75, 3.05) is 32.7 Å². The van der Waals surface area contributed by atoms with Gasteiger partial charge < -0.3 is 0 Å². The highest BCUT2D eigenvalue weighted by molar-refractivity contribution is 5.39. The maximum atomic E-state index is 4.19. The third-order valence-electron chi connectivity index (χ3n) is 7.11. The second kappa shape index (κ2) is 10.2. The molecule has 0 bridgehead atoms. The zero-order valence-electron chi connectivity index (χ0n) is 18.7. The van der Waals surface area contributed by atoms with Crippen molar-refractivity contribution < 1.29 is 0 Å². The Morgan fingerprint density at radius 1 is 0.933 bits per heavy atom. The van der Waals surface area contributed by atoms with E-state index < -0.39 is 0 Å². The van der Waals surface area contributed by atoms with Crippen molar-refractivity contribution in [2.45, 2.75) is 38.1 Å². The molecule has 2 heteroatoms. The molecule has 2 unspecified atom stereocenters. The number of allylic oxidation sites excluding steroid dienone is 4. The van der Waals surface area contributed by atoms with E-state index >= 15 is 0 Å². The Morgan fingerprint density at radius 3 is 2.27 bits per heavy atom. The fraction of sp³-hybridized carbons (Fsp3) is 0.429. The highest BCUT2D eigenvalue weighted by atomic mass is 15.2. The molecular weight excluding hydrogens is 364 g/mol. The molecule has 1 saturated heterocycles. The summed E-state index contributed by atoms with van der Waals surface area (Å²) in [5.41, 5.74) is 7.42. The van der Waals surface area contributed by atoms with Gasteiger partial charge in [0, 0.05) is 32.2 Å². The van der Waals surface area contributed by atoms with E-state index in [1.807, 2.05) is 12.2 Å². The number of piperidine rings is 1. The minimum atomic E-state index is 0.557. The van der Waals surface area contributed by atoms with Crippen LogP contribution in [0, 0.1) is 5.92 Å². The van der Waals surface area contributed by atoms with Crippen LogP contribution in [0.5, 0.6) is 0 Å². The molecule has 0 spiro atoms. The third-order valence-corrected chi connectivity index (χ3v) is 7.11. The fourth-order valence-corrected chi connectivity index (χ4v) is 4.99. The first-order valence-electron chi connectivity index (χ1n) is 11.3. The Bertz CT molecular complexity index is 806. The molecule has 3 aliphatic rings. The van der Waals surface area contributed by atoms with Gasteiger partial charge in [0.1, 0.15) is 0 Å². The van der Waals surface area contributed by atoms with Gasteiger partial charge in [0.15, 0.2) is 0 Å². The summed E-state index contributed by atoms with van der Waals surface area (Å²) in [4.78, 5) is 5.24. The number of nitrogens with zero attached hydrogens (tertiary/aromatic N) is 2. The Morgan fingerprint density at radius 2 is 1.60 bits per heavy atom. The second-order valence-corrected chi connectivity index (χ2v) is 8.90. The molecule has 0 N–H and O–H groups in total. The quantitative estimate of drug-likeness (QED) is 0.413. The molecule has 1 aliphatic carbocycles. The smallest absolute Gasteiger partial charge is 0.0351 e. The summed E-state index contributed by atoms with van der Waals surface area (Å²) in [6.07, 6.45) is 14.2. The van der Waals surface area contributed by atoms with Crippen molar-refractivity contribution in [3.63, 3.8) is 0 Å². The molecule has 2 nitrogen and oxygen atoms in total.